The predicted molar refractivity (Wildman–Crippen MR) is 126 cm³/mol. The minimum atomic E-state index is -0.0334. The van der Waals surface area contributed by atoms with Crippen LogP contribution < -0.4 is 10.1 Å². The molecule has 170 valence electrons. The van der Waals surface area contributed by atoms with E-state index < -0.39 is 0 Å². The number of aryl methyl sites for hydroxylation is 1. The van der Waals surface area contributed by atoms with Gasteiger partial charge in [0.05, 0.1) is 12.0 Å². The lowest BCUT2D eigenvalue weighted by Gasteiger charge is -2.50. The van der Waals surface area contributed by atoms with Gasteiger partial charge in [0.15, 0.2) is 0 Å². The van der Waals surface area contributed by atoms with E-state index in [1.807, 2.05) is 18.2 Å². The molecule has 2 saturated carbocycles. The maximum atomic E-state index is 12.6. The number of benzene rings is 2. The Morgan fingerprint density at radius 2 is 1.97 bits per heavy atom. The quantitative estimate of drug-likeness (QED) is 0.713. The van der Waals surface area contributed by atoms with Crippen LogP contribution in [0.4, 0.5) is 0 Å². The SMILES string of the molecule is CNC(=O)[C@H]1C[C@H]2[C@@H]3CCc4cc(OCc5ccccc5)ccc4[C@H]3CC[C@]2(C)[C@H]1OC. The lowest BCUT2D eigenvalue weighted by Crippen LogP contribution is -2.46. The number of amides is 1. The van der Waals surface area contributed by atoms with Crippen molar-refractivity contribution in [2.75, 3.05) is 14.2 Å². The van der Waals surface area contributed by atoms with E-state index in [0.29, 0.717) is 24.4 Å². The maximum Gasteiger partial charge on any atom is 0.225 e. The molecule has 0 bridgehead atoms. The number of carbonyl (C=O) groups excluding carboxylic acids is 1. The molecule has 0 saturated heterocycles. The highest BCUT2D eigenvalue weighted by molar-refractivity contribution is 5.79. The van der Waals surface area contributed by atoms with Crippen LogP contribution in [0.15, 0.2) is 48.5 Å². The molecule has 0 heterocycles. The van der Waals surface area contributed by atoms with E-state index in [0.717, 1.165) is 25.0 Å². The molecule has 4 nitrogen and oxygen atoms in total. The van der Waals surface area contributed by atoms with Gasteiger partial charge in [-0.05, 0) is 84.1 Å². The third kappa shape index (κ3) is 3.53. The summed E-state index contributed by atoms with van der Waals surface area (Å²) in [5.41, 5.74) is 4.23. The zero-order valence-corrected chi connectivity index (χ0v) is 19.5. The van der Waals surface area contributed by atoms with E-state index in [2.05, 4.69) is 42.6 Å². The fraction of sp³-hybridized carbons (Fsp3) is 0.536. The van der Waals surface area contributed by atoms with Crippen molar-refractivity contribution in [2.24, 2.45) is 23.2 Å². The molecule has 0 spiro atoms. The Morgan fingerprint density at radius 1 is 1.16 bits per heavy atom. The monoisotopic (exact) mass is 433 g/mol. The van der Waals surface area contributed by atoms with Gasteiger partial charge in [-0.1, -0.05) is 43.3 Å². The zero-order chi connectivity index (χ0) is 22.3. The molecule has 0 unspecified atom stereocenters. The van der Waals surface area contributed by atoms with Crippen molar-refractivity contribution in [3.63, 3.8) is 0 Å². The first-order valence-corrected chi connectivity index (χ1v) is 12.1. The van der Waals surface area contributed by atoms with Crippen LogP contribution in [0.3, 0.4) is 0 Å². The predicted octanol–water partition coefficient (Wildman–Crippen LogP) is 5.11. The van der Waals surface area contributed by atoms with Gasteiger partial charge in [-0.2, -0.15) is 0 Å². The van der Waals surface area contributed by atoms with Gasteiger partial charge < -0.3 is 14.8 Å². The number of ether oxygens (including phenoxy) is 2. The number of hydrogen-bond donors (Lipinski definition) is 1. The fourth-order valence-electron chi connectivity index (χ4n) is 7.25. The molecule has 2 aromatic rings. The third-order valence-corrected chi connectivity index (χ3v) is 8.74. The van der Waals surface area contributed by atoms with Gasteiger partial charge in [0.25, 0.3) is 0 Å². The minimum Gasteiger partial charge on any atom is -0.489 e. The lowest BCUT2D eigenvalue weighted by molar-refractivity contribution is -0.130. The van der Waals surface area contributed by atoms with E-state index in [4.69, 9.17) is 9.47 Å². The van der Waals surface area contributed by atoms with E-state index >= 15 is 0 Å². The molecule has 0 radical (unpaired) electrons. The molecular weight excluding hydrogens is 398 g/mol. The molecule has 1 amide bonds. The summed E-state index contributed by atoms with van der Waals surface area (Å²) >= 11 is 0. The summed E-state index contributed by atoms with van der Waals surface area (Å²) in [5.74, 6) is 2.82. The van der Waals surface area contributed by atoms with Gasteiger partial charge in [0.2, 0.25) is 5.91 Å². The minimum absolute atomic E-state index is 0.0172. The summed E-state index contributed by atoms with van der Waals surface area (Å²) in [6.45, 7) is 2.98. The van der Waals surface area contributed by atoms with Crippen LogP contribution in [0.1, 0.15) is 55.2 Å². The smallest absolute Gasteiger partial charge is 0.225 e. The van der Waals surface area contributed by atoms with Crippen LogP contribution in [0.25, 0.3) is 0 Å². The Balaban J connectivity index is 1.35. The maximum absolute atomic E-state index is 12.6. The van der Waals surface area contributed by atoms with E-state index in [-0.39, 0.29) is 23.3 Å². The number of nitrogens with one attached hydrogen (secondary N) is 1. The van der Waals surface area contributed by atoms with Gasteiger partial charge in [-0.15, -0.1) is 0 Å². The van der Waals surface area contributed by atoms with Gasteiger partial charge in [0, 0.05) is 14.2 Å². The highest BCUT2D eigenvalue weighted by atomic mass is 16.5. The molecule has 6 atom stereocenters. The van der Waals surface area contributed by atoms with E-state index in [1.165, 1.54) is 29.5 Å². The number of rotatable bonds is 5. The van der Waals surface area contributed by atoms with Crippen LogP contribution in [0, 0.1) is 23.2 Å². The summed E-state index contributed by atoms with van der Waals surface area (Å²) in [7, 11) is 3.53. The standard InChI is InChI=1S/C28H35NO3/c1-28-14-13-22-21-12-10-20(32-17-18-7-5-4-6-8-18)15-19(21)9-11-23(22)25(28)16-24(26(28)31-3)27(30)29-2/h4-8,10,12,15,22-26H,9,11,13-14,16-17H2,1-3H3,(H,29,30)/t22-,23-,24+,25+,26+,28+/m1/s1. The van der Waals surface area contributed by atoms with Crippen molar-refractivity contribution >= 4 is 5.91 Å². The summed E-state index contributed by atoms with van der Waals surface area (Å²) in [4.78, 5) is 12.6. The fourth-order valence-corrected chi connectivity index (χ4v) is 7.25. The third-order valence-electron chi connectivity index (χ3n) is 8.74. The number of hydrogen-bond acceptors (Lipinski definition) is 3. The van der Waals surface area contributed by atoms with Crippen LogP contribution in [0.5, 0.6) is 5.75 Å². The largest absolute Gasteiger partial charge is 0.489 e. The molecule has 5 rings (SSSR count). The number of carbonyl (C=O) groups is 1. The second kappa shape index (κ2) is 8.55. The Bertz CT molecular complexity index is 974. The van der Waals surface area contributed by atoms with Crippen LogP contribution >= 0.6 is 0 Å². The van der Waals surface area contributed by atoms with Gasteiger partial charge >= 0.3 is 0 Å². The first-order valence-electron chi connectivity index (χ1n) is 12.1. The van der Waals surface area contributed by atoms with Crippen LogP contribution in [-0.2, 0) is 22.6 Å². The van der Waals surface area contributed by atoms with E-state index in [9.17, 15) is 4.79 Å². The van der Waals surface area contributed by atoms with Crippen molar-refractivity contribution in [3.8, 4) is 5.75 Å². The van der Waals surface area contributed by atoms with Gasteiger partial charge in [0.1, 0.15) is 12.4 Å². The van der Waals surface area contributed by atoms with Crippen molar-refractivity contribution < 1.29 is 14.3 Å². The average Bonchev–Trinajstić information content (AvgIpc) is 3.14. The van der Waals surface area contributed by atoms with Crippen molar-refractivity contribution in [2.45, 2.75) is 57.7 Å². The normalized spacial score (nSPS) is 33.0. The van der Waals surface area contributed by atoms with Crippen LogP contribution in [0.2, 0.25) is 0 Å². The second-order valence-corrected chi connectivity index (χ2v) is 10.2. The molecular formula is C28H35NO3. The highest BCUT2D eigenvalue weighted by Crippen LogP contribution is 2.63. The topological polar surface area (TPSA) is 47.6 Å². The van der Waals surface area contributed by atoms with Crippen molar-refractivity contribution in [3.05, 3.63) is 65.2 Å². The summed E-state index contributed by atoms with van der Waals surface area (Å²) in [6, 6.07) is 17.1. The summed E-state index contributed by atoms with van der Waals surface area (Å²) < 4.78 is 12.1. The Labute approximate surface area is 191 Å². The Kier molecular flexibility index (Phi) is 5.75. The zero-order valence-electron chi connectivity index (χ0n) is 19.5. The number of methoxy groups -OCH3 is 1. The van der Waals surface area contributed by atoms with Gasteiger partial charge in [-0.3, -0.25) is 4.79 Å². The van der Waals surface area contributed by atoms with Gasteiger partial charge in [-0.25, -0.2) is 0 Å². The molecule has 3 aliphatic rings. The first kappa shape index (κ1) is 21.5. The van der Waals surface area contributed by atoms with Crippen molar-refractivity contribution in [1.82, 2.24) is 5.32 Å². The second-order valence-electron chi connectivity index (χ2n) is 10.2. The summed E-state index contributed by atoms with van der Waals surface area (Å²) in [6.07, 6.45) is 5.55. The first-order chi connectivity index (χ1) is 15.5. The molecule has 2 aromatic carbocycles. The highest BCUT2D eigenvalue weighted by Gasteiger charge is 2.60. The molecule has 2 fully saturated rings. The molecule has 1 N–H and O–H groups in total. The molecule has 32 heavy (non-hydrogen) atoms. The molecule has 0 aliphatic heterocycles. The lowest BCUT2D eigenvalue weighted by atomic mass is 9.55. The number of fused-ring (bicyclic) bond motifs is 5. The van der Waals surface area contributed by atoms with Crippen molar-refractivity contribution in [1.29, 1.82) is 0 Å². The molecule has 0 aromatic heterocycles. The molecule has 4 heteroatoms. The Hall–Kier alpha value is -2.33. The molecule has 3 aliphatic carbocycles. The Morgan fingerprint density at radius 3 is 2.72 bits per heavy atom. The van der Waals surface area contributed by atoms with Crippen LogP contribution in [-0.4, -0.2) is 26.2 Å². The average molecular weight is 434 g/mol. The summed E-state index contributed by atoms with van der Waals surface area (Å²) in [5, 5.41) is 2.88. The van der Waals surface area contributed by atoms with E-state index in [1.54, 1.807) is 14.2 Å².